The first-order valence-electron chi connectivity index (χ1n) is 6.03. The molecule has 0 unspecified atom stereocenters. The zero-order valence-corrected chi connectivity index (χ0v) is 12.6. The number of ether oxygens (including phenoxy) is 1. The molecule has 0 atom stereocenters. The number of halogens is 2. The van der Waals surface area contributed by atoms with Crippen molar-refractivity contribution in [3.05, 3.63) is 50.7 Å². The molecule has 0 fully saturated rings. The van der Waals surface area contributed by atoms with E-state index in [2.05, 4.69) is 26.2 Å². The van der Waals surface area contributed by atoms with Crippen LogP contribution in [0.5, 0.6) is 11.6 Å². The Kier molecular flexibility index (Phi) is 4.69. The maximum absolute atomic E-state index is 13.2. The molecular formula is C13H11BrFN3O3. The molecule has 0 bridgehead atoms. The minimum atomic E-state index is -0.546. The lowest BCUT2D eigenvalue weighted by Gasteiger charge is -2.09. The Labute approximate surface area is 128 Å². The van der Waals surface area contributed by atoms with Crippen molar-refractivity contribution in [1.82, 2.24) is 4.98 Å². The second-order valence-corrected chi connectivity index (χ2v) is 4.87. The highest BCUT2D eigenvalue weighted by Gasteiger charge is 2.14. The van der Waals surface area contributed by atoms with E-state index in [4.69, 9.17) is 4.74 Å². The van der Waals surface area contributed by atoms with E-state index in [0.29, 0.717) is 16.8 Å². The first-order chi connectivity index (χ1) is 9.99. The molecule has 1 heterocycles. The van der Waals surface area contributed by atoms with Gasteiger partial charge in [0.05, 0.1) is 21.5 Å². The average Bonchev–Trinajstić information content (AvgIpc) is 2.43. The van der Waals surface area contributed by atoms with E-state index in [9.17, 15) is 14.5 Å². The first kappa shape index (κ1) is 15.2. The van der Waals surface area contributed by atoms with Gasteiger partial charge in [-0.3, -0.25) is 10.1 Å². The number of anilines is 1. The summed E-state index contributed by atoms with van der Waals surface area (Å²) >= 11 is 3.22. The van der Waals surface area contributed by atoms with E-state index in [1.807, 2.05) is 6.92 Å². The van der Waals surface area contributed by atoms with E-state index in [1.54, 1.807) is 0 Å². The van der Waals surface area contributed by atoms with Crippen LogP contribution >= 0.6 is 15.9 Å². The largest absolute Gasteiger partial charge is 0.437 e. The molecule has 0 radical (unpaired) electrons. The highest BCUT2D eigenvalue weighted by atomic mass is 79.9. The lowest BCUT2D eigenvalue weighted by atomic mass is 10.3. The van der Waals surface area contributed by atoms with Crippen molar-refractivity contribution in [2.75, 3.05) is 11.9 Å². The number of hydrogen-bond donors (Lipinski definition) is 1. The van der Waals surface area contributed by atoms with Crippen LogP contribution < -0.4 is 10.1 Å². The molecule has 2 aromatic rings. The molecule has 6 nitrogen and oxygen atoms in total. The number of nitrogens with zero attached hydrogens (tertiary/aromatic N) is 2. The third kappa shape index (κ3) is 3.88. The summed E-state index contributed by atoms with van der Waals surface area (Å²) in [5.74, 6) is 0.0247. The standard InChI is InChI=1S/C13H11BrFN3O3/c1-2-16-12-6-9(18(19)20)7-13(17-12)21-11-5-8(15)3-4-10(11)14/h3-7H,2H2,1H3,(H,16,17). The fourth-order valence-corrected chi connectivity index (χ4v) is 1.92. The number of hydrogen-bond acceptors (Lipinski definition) is 5. The van der Waals surface area contributed by atoms with Gasteiger partial charge in [0.15, 0.2) is 0 Å². The number of benzene rings is 1. The van der Waals surface area contributed by atoms with E-state index >= 15 is 0 Å². The number of nitrogens with one attached hydrogen (secondary N) is 1. The zero-order valence-electron chi connectivity index (χ0n) is 11.0. The van der Waals surface area contributed by atoms with E-state index in [-0.39, 0.29) is 17.3 Å². The Bertz CT molecular complexity index is 682. The van der Waals surface area contributed by atoms with Gasteiger partial charge < -0.3 is 10.1 Å². The summed E-state index contributed by atoms with van der Waals surface area (Å²) in [5.41, 5.74) is -0.163. The number of pyridine rings is 1. The molecule has 1 aromatic carbocycles. The van der Waals surface area contributed by atoms with Gasteiger partial charge in [0.2, 0.25) is 5.88 Å². The van der Waals surface area contributed by atoms with Crippen LogP contribution in [0, 0.1) is 15.9 Å². The lowest BCUT2D eigenvalue weighted by Crippen LogP contribution is -2.02. The minimum Gasteiger partial charge on any atom is -0.437 e. The van der Waals surface area contributed by atoms with Crippen molar-refractivity contribution >= 4 is 27.4 Å². The Morgan fingerprint density at radius 2 is 2.19 bits per heavy atom. The molecule has 0 amide bonds. The predicted octanol–water partition coefficient (Wildman–Crippen LogP) is 4.12. The van der Waals surface area contributed by atoms with Crippen LogP contribution in [-0.2, 0) is 0 Å². The fraction of sp³-hybridized carbons (Fsp3) is 0.154. The summed E-state index contributed by atoms with van der Waals surface area (Å²) in [6.07, 6.45) is 0. The van der Waals surface area contributed by atoms with Crippen molar-refractivity contribution in [2.24, 2.45) is 0 Å². The molecule has 0 aliphatic heterocycles. The number of nitro groups is 1. The maximum Gasteiger partial charge on any atom is 0.278 e. The number of aromatic nitrogens is 1. The smallest absolute Gasteiger partial charge is 0.278 e. The van der Waals surface area contributed by atoms with Crippen molar-refractivity contribution in [2.45, 2.75) is 6.92 Å². The van der Waals surface area contributed by atoms with Gasteiger partial charge in [-0.1, -0.05) is 0 Å². The molecule has 21 heavy (non-hydrogen) atoms. The molecule has 1 aromatic heterocycles. The summed E-state index contributed by atoms with van der Waals surface area (Å²) in [6, 6.07) is 6.39. The molecular weight excluding hydrogens is 345 g/mol. The summed E-state index contributed by atoms with van der Waals surface area (Å²) in [6.45, 7) is 2.39. The first-order valence-corrected chi connectivity index (χ1v) is 6.82. The molecule has 1 N–H and O–H groups in total. The van der Waals surface area contributed by atoms with Crippen LogP contribution in [-0.4, -0.2) is 16.5 Å². The summed E-state index contributed by atoms with van der Waals surface area (Å²) in [7, 11) is 0. The SMILES string of the molecule is CCNc1cc([N+](=O)[O-])cc(Oc2cc(F)ccc2Br)n1. The molecule has 0 saturated carbocycles. The summed E-state index contributed by atoms with van der Waals surface area (Å²) in [4.78, 5) is 14.5. The Morgan fingerprint density at radius 3 is 2.86 bits per heavy atom. The van der Waals surface area contributed by atoms with Crippen LogP contribution in [0.3, 0.4) is 0 Å². The van der Waals surface area contributed by atoms with Crippen LogP contribution in [0.15, 0.2) is 34.8 Å². The zero-order chi connectivity index (χ0) is 15.4. The molecule has 8 heteroatoms. The average molecular weight is 356 g/mol. The topological polar surface area (TPSA) is 77.3 Å². The Hall–Kier alpha value is -2.22. The lowest BCUT2D eigenvalue weighted by molar-refractivity contribution is -0.384. The van der Waals surface area contributed by atoms with Gasteiger partial charge in [0.1, 0.15) is 17.4 Å². The van der Waals surface area contributed by atoms with Crippen LogP contribution in [0.25, 0.3) is 0 Å². The normalized spacial score (nSPS) is 10.2. The summed E-state index contributed by atoms with van der Waals surface area (Å²) in [5, 5.41) is 13.8. The van der Waals surface area contributed by atoms with Gasteiger partial charge in [-0.2, -0.15) is 4.98 Å². The second-order valence-electron chi connectivity index (χ2n) is 4.01. The molecule has 0 aliphatic rings. The molecule has 2 rings (SSSR count). The van der Waals surface area contributed by atoms with Crippen LogP contribution in [0.4, 0.5) is 15.9 Å². The van der Waals surface area contributed by atoms with Gasteiger partial charge in [-0.15, -0.1) is 0 Å². The van der Waals surface area contributed by atoms with Crippen molar-refractivity contribution < 1.29 is 14.1 Å². The summed E-state index contributed by atoms with van der Waals surface area (Å²) < 4.78 is 19.2. The Balaban J connectivity index is 2.38. The predicted molar refractivity (Wildman–Crippen MR) is 79.2 cm³/mol. The Morgan fingerprint density at radius 1 is 1.43 bits per heavy atom. The monoisotopic (exact) mass is 355 g/mol. The van der Waals surface area contributed by atoms with Crippen molar-refractivity contribution in [3.8, 4) is 11.6 Å². The number of rotatable bonds is 5. The third-order valence-electron chi connectivity index (χ3n) is 2.46. The molecule has 0 saturated heterocycles. The molecule has 0 spiro atoms. The minimum absolute atomic E-state index is 0.00597. The fourth-order valence-electron chi connectivity index (χ4n) is 1.59. The highest BCUT2D eigenvalue weighted by molar-refractivity contribution is 9.10. The van der Waals surface area contributed by atoms with Gasteiger partial charge in [-0.05, 0) is 35.0 Å². The van der Waals surface area contributed by atoms with Gasteiger partial charge >= 0.3 is 0 Å². The van der Waals surface area contributed by atoms with Crippen molar-refractivity contribution in [3.63, 3.8) is 0 Å². The van der Waals surface area contributed by atoms with Crippen molar-refractivity contribution in [1.29, 1.82) is 0 Å². The van der Waals surface area contributed by atoms with Gasteiger partial charge in [0.25, 0.3) is 5.69 Å². The highest BCUT2D eigenvalue weighted by Crippen LogP contribution is 2.31. The molecule has 0 aliphatic carbocycles. The van der Waals surface area contributed by atoms with Gasteiger partial charge in [0, 0.05) is 12.6 Å². The van der Waals surface area contributed by atoms with Gasteiger partial charge in [-0.25, -0.2) is 4.39 Å². The van der Waals surface area contributed by atoms with E-state index in [0.717, 1.165) is 6.07 Å². The molecule has 110 valence electrons. The second kappa shape index (κ2) is 6.49. The van der Waals surface area contributed by atoms with E-state index in [1.165, 1.54) is 24.3 Å². The third-order valence-corrected chi connectivity index (χ3v) is 3.12. The van der Waals surface area contributed by atoms with E-state index < -0.39 is 10.7 Å². The maximum atomic E-state index is 13.2. The quantitative estimate of drug-likeness (QED) is 0.644. The van der Waals surface area contributed by atoms with Crippen LogP contribution in [0.1, 0.15) is 6.92 Å². The van der Waals surface area contributed by atoms with Crippen LogP contribution in [0.2, 0.25) is 0 Å².